The summed E-state index contributed by atoms with van der Waals surface area (Å²) in [6.45, 7) is 4.70. The lowest BCUT2D eigenvalue weighted by atomic mass is 9.94. The normalized spacial score (nSPS) is 20.0. The topological polar surface area (TPSA) is 80.8 Å². The number of ketones is 1. The molecule has 1 heterocycles. The van der Waals surface area contributed by atoms with Crippen LogP contribution in [0.1, 0.15) is 41.0 Å². The van der Waals surface area contributed by atoms with Crippen molar-refractivity contribution in [3.63, 3.8) is 0 Å². The summed E-state index contributed by atoms with van der Waals surface area (Å²) in [5.41, 5.74) is 0.635. The first-order chi connectivity index (χ1) is 14.2. The Morgan fingerprint density at radius 1 is 0.967 bits per heavy atom. The van der Waals surface area contributed by atoms with Gasteiger partial charge in [0.15, 0.2) is 12.4 Å². The highest BCUT2D eigenvalue weighted by atomic mass is 79.9. The molecule has 1 fully saturated rings. The summed E-state index contributed by atoms with van der Waals surface area (Å²) < 4.78 is 33.3. The number of benzene rings is 2. The second kappa shape index (κ2) is 9.41. The van der Waals surface area contributed by atoms with E-state index >= 15 is 0 Å². The summed E-state index contributed by atoms with van der Waals surface area (Å²) in [5, 5.41) is 0. The van der Waals surface area contributed by atoms with Gasteiger partial charge in [-0.05, 0) is 54.7 Å². The molecule has 0 radical (unpaired) electrons. The molecule has 0 aromatic heterocycles. The molecule has 0 amide bonds. The quantitative estimate of drug-likeness (QED) is 0.445. The van der Waals surface area contributed by atoms with E-state index in [1.807, 2.05) is 13.8 Å². The van der Waals surface area contributed by atoms with Gasteiger partial charge in [-0.1, -0.05) is 41.9 Å². The van der Waals surface area contributed by atoms with Gasteiger partial charge in [0.05, 0.1) is 10.5 Å². The van der Waals surface area contributed by atoms with Crippen LogP contribution in [0.25, 0.3) is 0 Å². The number of Topliss-reactive ketones (excluding diaryl/α,β-unsaturated/α-hetero) is 1. The van der Waals surface area contributed by atoms with Gasteiger partial charge in [0.2, 0.25) is 10.0 Å². The standard InChI is InChI=1S/C22H24BrNO5S/c1-15-11-16(2)13-24(12-15)30(27,28)20-9-5-18(6-10-20)22(26)29-14-21(25)17-3-7-19(23)8-4-17/h3-10,15-16H,11-14H2,1-2H3. The van der Waals surface area contributed by atoms with E-state index in [1.165, 1.54) is 28.6 Å². The Kier molecular flexibility index (Phi) is 7.10. The van der Waals surface area contributed by atoms with Crippen molar-refractivity contribution in [3.8, 4) is 0 Å². The molecule has 2 unspecified atom stereocenters. The van der Waals surface area contributed by atoms with Crippen molar-refractivity contribution in [2.75, 3.05) is 19.7 Å². The molecular formula is C22H24BrNO5S. The predicted octanol–water partition coefficient (Wildman–Crippen LogP) is 4.16. The molecule has 2 aromatic rings. The Morgan fingerprint density at radius 3 is 2.07 bits per heavy atom. The minimum Gasteiger partial charge on any atom is -0.454 e. The van der Waals surface area contributed by atoms with Crippen molar-refractivity contribution in [3.05, 3.63) is 64.1 Å². The van der Waals surface area contributed by atoms with Gasteiger partial charge in [-0.15, -0.1) is 0 Å². The number of esters is 1. The number of piperidine rings is 1. The van der Waals surface area contributed by atoms with Crippen LogP contribution < -0.4 is 0 Å². The molecule has 0 spiro atoms. The molecule has 6 nitrogen and oxygen atoms in total. The van der Waals surface area contributed by atoms with E-state index in [4.69, 9.17) is 4.74 Å². The molecule has 0 saturated carbocycles. The predicted molar refractivity (Wildman–Crippen MR) is 117 cm³/mol. The van der Waals surface area contributed by atoms with Crippen LogP contribution in [0.4, 0.5) is 0 Å². The van der Waals surface area contributed by atoms with Crippen LogP contribution in [-0.4, -0.2) is 44.2 Å². The second-order valence-electron chi connectivity index (χ2n) is 7.80. The first-order valence-corrected chi connectivity index (χ1v) is 12.0. The summed E-state index contributed by atoms with van der Waals surface area (Å²) in [7, 11) is -3.61. The number of carbonyl (C=O) groups excluding carboxylic acids is 2. The zero-order chi connectivity index (χ0) is 21.9. The fourth-order valence-electron chi connectivity index (χ4n) is 3.65. The van der Waals surface area contributed by atoms with Crippen molar-refractivity contribution in [1.82, 2.24) is 4.31 Å². The number of hydrogen-bond acceptors (Lipinski definition) is 5. The minimum absolute atomic E-state index is 0.145. The Balaban J connectivity index is 1.64. The van der Waals surface area contributed by atoms with Crippen LogP contribution in [0.2, 0.25) is 0 Å². The summed E-state index contributed by atoms with van der Waals surface area (Å²) in [6, 6.07) is 12.4. The van der Waals surface area contributed by atoms with Gasteiger partial charge >= 0.3 is 5.97 Å². The van der Waals surface area contributed by atoms with Crippen LogP contribution >= 0.6 is 15.9 Å². The average Bonchev–Trinajstić information content (AvgIpc) is 2.71. The van der Waals surface area contributed by atoms with E-state index in [0.29, 0.717) is 30.5 Å². The number of rotatable bonds is 6. The summed E-state index contributed by atoms with van der Waals surface area (Å²) in [6.07, 6.45) is 1.01. The highest BCUT2D eigenvalue weighted by molar-refractivity contribution is 9.10. The van der Waals surface area contributed by atoms with Crippen molar-refractivity contribution >= 4 is 37.7 Å². The zero-order valence-corrected chi connectivity index (χ0v) is 19.3. The SMILES string of the molecule is CC1CC(C)CN(S(=O)(=O)c2ccc(C(=O)OCC(=O)c3ccc(Br)cc3)cc2)C1. The van der Waals surface area contributed by atoms with Crippen LogP contribution in [0.15, 0.2) is 57.9 Å². The van der Waals surface area contributed by atoms with Crippen molar-refractivity contribution in [2.24, 2.45) is 11.8 Å². The molecule has 2 atom stereocenters. The van der Waals surface area contributed by atoms with E-state index in [-0.39, 0.29) is 22.8 Å². The zero-order valence-electron chi connectivity index (χ0n) is 16.9. The largest absolute Gasteiger partial charge is 0.454 e. The number of hydrogen-bond donors (Lipinski definition) is 0. The molecule has 8 heteroatoms. The summed E-state index contributed by atoms with van der Waals surface area (Å²) in [4.78, 5) is 24.5. The van der Waals surface area contributed by atoms with Gasteiger partial charge in [0.25, 0.3) is 0 Å². The third-order valence-electron chi connectivity index (χ3n) is 5.06. The number of carbonyl (C=O) groups is 2. The number of halogens is 1. The fraction of sp³-hybridized carbons (Fsp3) is 0.364. The molecule has 1 aliphatic heterocycles. The van der Waals surface area contributed by atoms with Gasteiger partial charge in [-0.2, -0.15) is 4.31 Å². The molecule has 1 saturated heterocycles. The Morgan fingerprint density at radius 2 is 1.50 bits per heavy atom. The van der Waals surface area contributed by atoms with Crippen LogP contribution in [0, 0.1) is 11.8 Å². The fourth-order valence-corrected chi connectivity index (χ4v) is 5.59. The first-order valence-electron chi connectivity index (χ1n) is 9.73. The maximum absolute atomic E-state index is 12.9. The average molecular weight is 494 g/mol. The smallest absolute Gasteiger partial charge is 0.338 e. The third kappa shape index (κ3) is 5.36. The van der Waals surface area contributed by atoms with Gasteiger partial charge in [0, 0.05) is 23.1 Å². The molecule has 1 aliphatic rings. The molecule has 3 rings (SSSR count). The maximum atomic E-state index is 12.9. The lowest BCUT2D eigenvalue weighted by Gasteiger charge is -2.34. The van der Waals surface area contributed by atoms with Gasteiger partial charge in [-0.3, -0.25) is 4.79 Å². The monoisotopic (exact) mass is 493 g/mol. The molecule has 0 bridgehead atoms. The molecule has 2 aromatic carbocycles. The van der Waals surface area contributed by atoms with Gasteiger partial charge < -0.3 is 4.74 Å². The van der Waals surface area contributed by atoms with Crippen LogP contribution in [-0.2, 0) is 14.8 Å². The molecule has 30 heavy (non-hydrogen) atoms. The second-order valence-corrected chi connectivity index (χ2v) is 10.7. The van der Waals surface area contributed by atoms with E-state index in [2.05, 4.69) is 15.9 Å². The lowest BCUT2D eigenvalue weighted by molar-refractivity contribution is 0.0474. The molecule has 0 N–H and O–H groups in total. The number of sulfonamides is 1. The first kappa shape index (κ1) is 22.7. The van der Waals surface area contributed by atoms with E-state index < -0.39 is 16.0 Å². The van der Waals surface area contributed by atoms with Crippen LogP contribution in [0.5, 0.6) is 0 Å². The Bertz CT molecular complexity index is 1010. The number of ether oxygens (including phenoxy) is 1. The minimum atomic E-state index is -3.61. The van der Waals surface area contributed by atoms with Crippen molar-refractivity contribution in [1.29, 1.82) is 0 Å². The summed E-state index contributed by atoms with van der Waals surface area (Å²) >= 11 is 3.30. The van der Waals surface area contributed by atoms with Gasteiger partial charge in [-0.25, -0.2) is 13.2 Å². The molecule has 0 aliphatic carbocycles. The van der Waals surface area contributed by atoms with E-state index in [0.717, 1.165) is 10.9 Å². The summed E-state index contributed by atoms with van der Waals surface area (Å²) in [5.74, 6) is -0.380. The lowest BCUT2D eigenvalue weighted by Crippen LogP contribution is -2.42. The Labute approximate surface area is 185 Å². The van der Waals surface area contributed by atoms with Gasteiger partial charge in [0.1, 0.15) is 0 Å². The van der Waals surface area contributed by atoms with Crippen molar-refractivity contribution in [2.45, 2.75) is 25.2 Å². The van der Waals surface area contributed by atoms with E-state index in [1.54, 1.807) is 24.3 Å². The van der Waals surface area contributed by atoms with Crippen LogP contribution in [0.3, 0.4) is 0 Å². The Hall–Kier alpha value is -2.03. The highest BCUT2D eigenvalue weighted by Gasteiger charge is 2.31. The highest BCUT2D eigenvalue weighted by Crippen LogP contribution is 2.26. The number of nitrogens with zero attached hydrogens (tertiary/aromatic N) is 1. The maximum Gasteiger partial charge on any atom is 0.338 e. The van der Waals surface area contributed by atoms with Crippen molar-refractivity contribution < 1.29 is 22.7 Å². The van der Waals surface area contributed by atoms with E-state index in [9.17, 15) is 18.0 Å². The third-order valence-corrected chi connectivity index (χ3v) is 7.44. The molecular weight excluding hydrogens is 470 g/mol. The molecule has 160 valence electrons.